The third kappa shape index (κ3) is 4.17. The first kappa shape index (κ1) is 15.3. The van der Waals surface area contributed by atoms with Gasteiger partial charge in [-0.3, -0.25) is 9.48 Å². The SMILES string of the molecule is Cc1nn(CCCNC(=O)c2cccc(C#N)c2)cc1Br. The summed E-state index contributed by atoms with van der Waals surface area (Å²) < 4.78 is 2.84. The summed E-state index contributed by atoms with van der Waals surface area (Å²) in [5.74, 6) is -0.162. The number of hydrogen-bond donors (Lipinski definition) is 1. The van der Waals surface area contributed by atoms with Crippen LogP contribution < -0.4 is 5.32 Å². The second kappa shape index (κ2) is 7.04. The number of rotatable bonds is 5. The summed E-state index contributed by atoms with van der Waals surface area (Å²) in [6.07, 6.45) is 2.71. The summed E-state index contributed by atoms with van der Waals surface area (Å²) in [7, 11) is 0. The lowest BCUT2D eigenvalue weighted by Gasteiger charge is -2.05. The lowest BCUT2D eigenvalue weighted by molar-refractivity contribution is 0.0952. The van der Waals surface area contributed by atoms with E-state index in [1.165, 1.54) is 0 Å². The third-order valence-electron chi connectivity index (χ3n) is 2.99. The van der Waals surface area contributed by atoms with Crippen LogP contribution in [0.15, 0.2) is 34.9 Å². The number of hydrogen-bond acceptors (Lipinski definition) is 3. The van der Waals surface area contributed by atoms with Crippen molar-refractivity contribution in [1.29, 1.82) is 5.26 Å². The van der Waals surface area contributed by atoms with E-state index in [0.717, 1.165) is 23.1 Å². The number of halogens is 1. The number of aryl methyl sites for hydroxylation is 2. The van der Waals surface area contributed by atoms with Gasteiger partial charge in [0.1, 0.15) is 0 Å². The van der Waals surface area contributed by atoms with Gasteiger partial charge >= 0.3 is 0 Å². The molecule has 1 aromatic heterocycles. The zero-order valence-corrected chi connectivity index (χ0v) is 13.2. The minimum Gasteiger partial charge on any atom is -0.352 e. The van der Waals surface area contributed by atoms with Crippen LogP contribution >= 0.6 is 15.9 Å². The van der Waals surface area contributed by atoms with Crippen LogP contribution in [0, 0.1) is 18.3 Å². The van der Waals surface area contributed by atoms with Crippen molar-refractivity contribution in [2.45, 2.75) is 19.9 Å². The third-order valence-corrected chi connectivity index (χ3v) is 3.77. The zero-order valence-electron chi connectivity index (χ0n) is 11.6. The van der Waals surface area contributed by atoms with E-state index < -0.39 is 0 Å². The average Bonchev–Trinajstić information content (AvgIpc) is 2.82. The Kier molecular flexibility index (Phi) is 5.12. The number of nitrogens with one attached hydrogen (secondary N) is 1. The molecule has 1 N–H and O–H groups in total. The molecule has 0 radical (unpaired) electrons. The molecule has 0 unspecified atom stereocenters. The van der Waals surface area contributed by atoms with Crippen molar-refractivity contribution in [3.8, 4) is 6.07 Å². The maximum absolute atomic E-state index is 11.9. The maximum Gasteiger partial charge on any atom is 0.251 e. The number of benzene rings is 1. The van der Waals surface area contributed by atoms with Crippen LogP contribution in [0.5, 0.6) is 0 Å². The lowest BCUT2D eigenvalue weighted by Crippen LogP contribution is -2.25. The second-order valence-electron chi connectivity index (χ2n) is 4.63. The lowest BCUT2D eigenvalue weighted by atomic mass is 10.1. The number of amides is 1. The fourth-order valence-corrected chi connectivity index (χ4v) is 2.20. The Morgan fingerprint density at radius 2 is 2.33 bits per heavy atom. The van der Waals surface area contributed by atoms with Gasteiger partial charge in [0.2, 0.25) is 0 Å². The summed E-state index contributed by atoms with van der Waals surface area (Å²) in [4.78, 5) is 11.9. The summed E-state index contributed by atoms with van der Waals surface area (Å²) in [5, 5.41) is 16.0. The van der Waals surface area contributed by atoms with E-state index in [4.69, 9.17) is 5.26 Å². The highest BCUT2D eigenvalue weighted by molar-refractivity contribution is 9.10. The van der Waals surface area contributed by atoms with Crippen molar-refractivity contribution in [3.63, 3.8) is 0 Å². The van der Waals surface area contributed by atoms with Gasteiger partial charge in [0, 0.05) is 24.8 Å². The molecule has 108 valence electrons. The Labute approximate surface area is 131 Å². The molecule has 0 fully saturated rings. The van der Waals surface area contributed by atoms with E-state index in [1.807, 2.05) is 23.9 Å². The van der Waals surface area contributed by atoms with Crippen molar-refractivity contribution in [1.82, 2.24) is 15.1 Å². The van der Waals surface area contributed by atoms with Crippen molar-refractivity contribution in [2.75, 3.05) is 6.54 Å². The van der Waals surface area contributed by atoms with Gasteiger partial charge in [-0.25, -0.2) is 0 Å². The summed E-state index contributed by atoms with van der Waals surface area (Å²) in [6.45, 7) is 3.24. The molecular formula is C15H15BrN4O. The van der Waals surface area contributed by atoms with Crippen LogP contribution in [0.4, 0.5) is 0 Å². The quantitative estimate of drug-likeness (QED) is 0.846. The van der Waals surface area contributed by atoms with E-state index >= 15 is 0 Å². The van der Waals surface area contributed by atoms with Crippen LogP contribution in [-0.2, 0) is 6.54 Å². The molecular weight excluding hydrogens is 332 g/mol. The Balaban J connectivity index is 1.80. The van der Waals surface area contributed by atoms with Crippen molar-refractivity contribution in [3.05, 3.63) is 51.8 Å². The zero-order chi connectivity index (χ0) is 15.2. The van der Waals surface area contributed by atoms with E-state index in [9.17, 15) is 4.79 Å². The number of nitriles is 1. The molecule has 21 heavy (non-hydrogen) atoms. The molecule has 1 aromatic carbocycles. The van der Waals surface area contributed by atoms with E-state index in [0.29, 0.717) is 17.7 Å². The molecule has 0 aliphatic carbocycles. The summed E-state index contributed by atoms with van der Waals surface area (Å²) >= 11 is 3.41. The highest BCUT2D eigenvalue weighted by Crippen LogP contribution is 2.13. The minimum absolute atomic E-state index is 0.162. The second-order valence-corrected chi connectivity index (χ2v) is 5.48. The highest BCUT2D eigenvalue weighted by Gasteiger charge is 2.06. The van der Waals surface area contributed by atoms with Crippen LogP contribution in [0.25, 0.3) is 0 Å². The smallest absolute Gasteiger partial charge is 0.251 e. The standard InChI is InChI=1S/C15H15BrN4O/c1-11-14(16)10-20(19-11)7-3-6-18-15(21)13-5-2-4-12(8-13)9-17/h2,4-5,8,10H,3,6-7H2,1H3,(H,18,21). The topological polar surface area (TPSA) is 70.7 Å². The predicted octanol–water partition coefficient (Wildman–Crippen LogP) is 2.65. The maximum atomic E-state index is 11.9. The Morgan fingerprint density at radius 1 is 1.52 bits per heavy atom. The van der Waals surface area contributed by atoms with Crippen LogP contribution in [0.1, 0.15) is 28.0 Å². The van der Waals surface area contributed by atoms with Crippen molar-refractivity contribution < 1.29 is 4.79 Å². The van der Waals surface area contributed by atoms with Crippen LogP contribution in [-0.4, -0.2) is 22.2 Å². The number of nitrogens with zero attached hydrogens (tertiary/aromatic N) is 3. The minimum atomic E-state index is -0.162. The highest BCUT2D eigenvalue weighted by atomic mass is 79.9. The fourth-order valence-electron chi connectivity index (χ4n) is 1.88. The predicted molar refractivity (Wildman–Crippen MR) is 82.8 cm³/mol. The molecule has 2 aromatic rings. The molecule has 1 amide bonds. The largest absolute Gasteiger partial charge is 0.352 e. The molecule has 0 saturated heterocycles. The van der Waals surface area contributed by atoms with Gasteiger partial charge in [-0.2, -0.15) is 10.4 Å². The monoisotopic (exact) mass is 346 g/mol. The van der Waals surface area contributed by atoms with Gasteiger partial charge < -0.3 is 5.32 Å². The van der Waals surface area contributed by atoms with Gasteiger partial charge in [0.15, 0.2) is 0 Å². The molecule has 0 bridgehead atoms. The molecule has 2 rings (SSSR count). The Bertz CT molecular complexity index is 668. The van der Waals surface area contributed by atoms with Gasteiger partial charge in [-0.1, -0.05) is 6.07 Å². The molecule has 0 spiro atoms. The molecule has 0 atom stereocenters. The Morgan fingerprint density at radius 3 is 3.00 bits per heavy atom. The van der Waals surface area contributed by atoms with E-state index in [2.05, 4.69) is 26.3 Å². The number of carbonyl (C=O) groups is 1. The van der Waals surface area contributed by atoms with Crippen LogP contribution in [0.3, 0.4) is 0 Å². The van der Waals surface area contributed by atoms with Crippen molar-refractivity contribution in [2.24, 2.45) is 0 Å². The van der Waals surface area contributed by atoms with Gasteiger partial charge in [-0.15, -0.1) is 0 Å². The molecule has 1 heterocycles. The summed E-state index contributed by atoms with van der Waals surface area (Å²) in [6, 6.07) is 8.69. The van der Waals surface area contributed by atoms with Crippen LogP contribution in [0.2, 0.25) is 0 Å². The fraction of sp³-hybridized carbons (Fsp3) is 0.267. The normalized spacial score (nSPS) is 10.1. The van der Waals surface area contributed by atoms with E-state index in [1.54, 1.807) is 24.3 Å². The van der Waals surface area contributed by atoms with Crippen molar-refractivity contribution >= 4 is 21.8 Å². The molecule has 0 aliphatic heterocycles. The average molecular weight is 347 g/mol. The van der Waals surface area contributed by atoms with E-state index in [-0.39, 0.29) is 5.91 Å². The first-order valence-electron chi connectivity index (χ1n) is 6.58. The first-order chi connectivity index (χ1) is 10.1. The number of aromatic nitrogens is 2. The molecule has 6 heteroatoms. The molecule has 0 aliphatic rings. The summed E-state index contributed by atoms with van der Waals surface area (Å²) in [5.41, 5.74) is 1.94. The number of carbonyl (C=O) groups excluding carboxylic acids is 1. The molecule has 0 saturated carbocycles. The first-order valence-corrected chi connectivity index (χ1v) is 7.37. The van der Waals surface area contributed by atoms with Gasteiger partial charge in [0.05, 0.1) is 21.8 Å². The molecule has 5 nitrogen and oxygen atoms in total. The van der Waals surface area contributed by atoms with Gasteiger partial charge in [-0.05, 0) is 47.5 Å². The van der Waals surface area contributed by atoms with Gasteiger partial charge in [0.25, 0.3) is 5.91 Å². The Hall–Kier alpha value is -2.13.